The molecule has 0 aliphatic carbocycles. The molecule has 1 saturated heterocycles. The summed E-state index contributed by atoms with van der Waals surface area (Å²) >= 11 is 1.38. The maximum Gasteiger partial charge on any atom is 0.223 e. The number of hydrogen-bond acceptors (Lipinski definition) is 8. The second-order valence-corrected chi connectivity index (χ2v) is 6.15. The van der Waals surface area contributed by atoms with Crippen LogP contribution in [0.4, 0.5) is 5.13 Å². The summed E-state index contributed by atoms with van der Waals surface area (Å²) < 4.78 is 9.41. The van der Waals surface area contributed by atoms with Crippen molar-refractivity contribution in [1.29, 1.82) is 0 Å². The maximum absolute atomic E-state index is 11.6. The van der Waals surface area contributed by atoms with Crippen molar-refractivity contribution in [2.24, 2.45) is 0 Å². The molecule has 0 aromatic carbocycles. The number of aryl methyl sites for hydroxylation is 2. The second kappa shape index (κ2) is 5.64. The van der Waals surface area contributed by atoms with Crippen LogP contribution in [0.3, 0.4) is 0 Å². The highest BCUT2D eigenvalue weighted by molar-refractivity contribution is 7.09. The predicted molar refractivity (Wildman–Crippen MR) is 80.6 cm³/mol. The minimum absolute atomic E-state index is 0.115. The summed E-state index contributed by atoms with van der Waals surface area (Å²) in [6.07, 6.45) is 1.51. The van der Waals surface area contributed by atoms with Crippen molar-refractivity contribution in [3.05, 3.63) is 17.5 Å². The highest BCUT2D eigenvalue weighted by Gasteiger charge is 2.45. The Morgan fingerprint density at radius 3 is 2.91 bits per heavy atom. The first kappa shape index (κ1) is 14.9. The average Bonchev–Trinajstić information content (AvgIpc) is 3.16. The lowest BCUT2D eigenvalue weighted by Gasteiger charge is -2.26. The van der Waals surface area contributed by atoms with Crippen molar-refractivity contribution < 1.29 is 9.32 Å². The first-order valence-electron chi connectivity index (χ1n) is 7.19. The van der Waals surface area contributed by atoms with Crippen molar-refractivity contribution in [2.45, 2.75) is 39.2 Å². The van der Waals surface area contributed by atoms with Gasteiger partial charge < -0.3 is 14.7 Å². The minimum Gasteiger partial charge on any atom is -0.344 e. The van der Waals surface area contributed by atoms with E-state index in [9.17, 15) is 4.79 Å². The van der Waals surface area contributed by atoms with E-state index in [1.807, 2.05) is 6.92 Å². The van der Waals surface area contributed by atoms with Gasteiger partial charge >= 0.3 is 0 Å². The third kappa shape index (κ3) is 2.68. The Kier molecular flexibility index (Phi) is 3.81. The van der Waals surface area contributed by atoms with Crippen LogP contribution in [-0.2, 0) is 16.8 Å². The van der Waals surface area contributed by atoms with Crippen LogP contribution in [-0.4, -0.2) is 38.5 Å². The van der Waals surface area contributed by atoms with Crippen molar-refractivity contribution >= 4 is 22.6 Å². The molecule has 1 amide bonds. The van der Waals surface area contributed by atoms with E-state index >= 15 is 0 Å². The summed E-state index contributed by atoms with van der Waals surface area (Å²) in [5, 5.41) is 7.87. The molecule has 2 aromatic rings. The molecule has 1 aliphatic rings. The normalized spacial score (nSPS) is 21.3. The lowest BCUT2D eigenvalue weighted by atomic mass is 9.97. The summed E-state index contributed by atoms with van der Waals surface area (Å²) in [6.45, 7) is 6.58. The van der Waals surface area contributed by atoms with Gasteiger partial charge in [-0.05, 0) is 6.42 Å². The molecule has 1 aliphatic heterocycles. The quantitative estimate of drug-likeness (QED) is 0.898. The molecule has 0 spiro atoms. The van der Waals surface area contributed by atoms with E-state index in [-0.39, 0.29) is 5.91 Å². The van der Waals surface area contributed by atoms with Gasteiger partial charge in [0.25, 0.3) is 0 Å². The van der Waals surface area contributed by atoms with Crippen molar-refractivity contribution in [1.82, 2.24) is 24.8 Å². The van der Waals surface area contributed by atoms with Gasteiger partial charge in [0, 0.05) is 38.3 Å². The van der Waals surface area contributed by atoms with Gasteiger partial charge in [0.05, 0.1) is 6.54 Å². The number of carbonyl (C=O) groups is 1. The Labute approximate surface area is 132 Å². The zero-order valence-electron chi connectivity index (χ0n) is 12.8. The second-order valence-electron chi connectivity index (χ2n) is 5.42. The van der Waals surface area contributed by atoms with Gasteiger partial charge in [-0.2, -0.15) is 9.36 Å². The molecule has 22 heavy (non-hydrogen) atoms. The van der Waals surface area contributed by atoms with Crippen molar-refractivity contribution in [2.75, 3.05) is 18.0 Å². The number of hydrogen-bond donors (Lipinski definition) is 1. The van der Waals surface area contributed by atoms with Crippen LogP contribution in [0, 0.1) is 6.92 Å². The molecule has 3 heterocycles. The van der Waals surface area contributed by atoms with Gasteiger partial charge in [-0.1, -0.05) is 12.1 Å². The molecule has 8 nitrogen and oxygen atoms in total. The number of nitrogens with zero attached hydrogens (tertiary/aromatic N) is 5. The Morgan fingerprint density at radius 1 is 1.50 bits per heavy atom. The van der Waals surface area contributed by atoms with Crippen LogP contribution in [0.1, 0.15) is 37.8 Å². The molecule has 118 valence electrons. The number of aromatic nitrogens is 4. The van der Waals surface area contributed by atoms with E-state index in [4.69, 9.17) is 4.52 Å². The number of anilines is 1. The van der Waals surface area contributed by atoms with Gasteiger partial charge in [0.2, 0.25) is 16.9 Å². The molecule has 0 radical (unpaired) electrons. The van der Waals surface area contributed by atoms with E-state index < -0.39 is 5.54 Å². The van der Waals surface area contributed by atoms with Crippen LogP contribution >= 0.6 is 11.5 Å². The highest BCUT2D eigenvalue weighted by atomic mass is 32.1. The Hall–Kier alpha value is -2.03. The van der Waals surface area contributed by atoms with Gasteiger partial charge in [-0.25, -0.2) is 4.98 Å². The zero-order valence-corrected chi connectivity index (χ0v) is 13.6. The first-order chi connectivity index (χ1) is 10.5. The predicted octanol–water partition coefficient (Wildman–Crippen LogP) is 1.03. The van der Waals surface area contributed by atoms with E-state index in [1.165, 1.54) is 18.5 Å². The van der Waals surface area contributed by atoms with Gasteiger partial charge in [-0.3, -0.25) is 4.79 Å². The fourth-order valence-corrected chi connectivity index (χ4v) is 3.44. The van der Waals surface area contributed by atoms with Crippen LogP contribution < -0.4 is 10.2 Å². The molecule has 9 heteroatoms. The summed E-state index contributed by atoms with van der Waals surface area (Å²) in [5.74, 6) is 1.73. The zero-order chi connectivity index (χ0) is 15.7. The van der Waals surface area contributed by atoms with Crippen molar-refractivity contribution in [3.8, 4) is 0 Å². The Morgan fingerprint density at radius 2 is 2.32 bits per heavy atom. The first-order valence-corrected chi connectivity index (χ1v) is 7.97. The molecule has 0 saturated carbocycles. The third-order valence-electron chi connectivity index (χ3n) is 3.68. The fourth-order valence-electron chi connectivity index (χ4n) is 2.66. The van der Waals surface area contributed by atoms with E-state index in [1.54, 1.807) is 6.92 Å². The summed E-state index contributed by atoms with van der Waals surface area (Å²) in [4.78, 5) is 22.6. The van der Waals surface area contributed by atoms with Gasteiger partial charge in [-0.15, -0.1) is 0 Å². The Bertz CT molecular complexity index is 684. The lowest BCUT2D eigenvalue weighted by Crippen LogP contribution is -2.48. The average molecular weight is 322 g/mol. The smallest absolute Gasteiger partial charge is 0.223 e. The van der Waals surface area contributed by atoms with Gasteiger partial charge in [0.15, 0.2) is 5.82 Å². The SMILES string of the molecule is CCc1nsc(N2CC[C@](NC(C)=O)(c3noc(C)n3)C2)n1. The molecule has 1 N–H and O–H groups in total. The maximum atomic E-state index is 11.6. The molecular formula is C13H18N6O2S. The van der Waals surface area contributed by atoms with Crippen LogP contribution in [0.15, 0.2) is 4.52 Å². The molecule has 0 bridgehead atoms. The molecule has 2 aromatic heterocycles. The lowest BCUT2D eigenvalue weighted by molar-refractivity contribution is -0.120. The molecule has 1 fully saturated rings. The van der Waals surface area contributed by atoms with E-state index in [0.29, 0.717) is 24.7 Å². The number of rotatable bonds is 4. The summed E-state index contributed by atoms with van der Waals surface area (Å²) in [5.41, 5.74) is -0.637. The van der Waals surface area contributed by atoms with Crippen LogP contribution in [0.2, 0.25) is 0 Å². The topological polar surface area (TPSA) is 97.0 Å². The minimum atomic E-state index is -0.637. The monoisotopic (exact) mass is 322 g/mol. The number of nitrogens with one attached hydrogen (secondary N) is 1. The largest absolute Gasteiger partial charge is 0.344 e. The fraction of sp³-hybridized carbons (Fsp3) is 0.615. The van der Waals surface area contributed by atoms with Gasteiger partial charge in [0.1, 0.15) is 11.4 Å². The number of carbonyl (C=O) groups excluding carboxylic acids is 1. The third-order valence-corrected chi connectivity index (χ3v) is 4.50. The molecule has 1 atom stereocenters. The summed E-state index contributed by atoms with van der Waals surface area (Å²) in [6, 6.07) is 0. The van der Waals surface area contributed by atoms with Crippen LogP contribution in [0.25, 0.3) is 0 Å². The van der Waals surface area contributed by atoms with E-state index in [0.717, 1.165) is 23.9 Å². The van der Waals surface area contributed by atoms with E-state index in [2.05, 4.69) is 29.7 Å². The standard InChI is InChI=1S/C13H18N6O2S/c1-4-10-15-12(22-18-10)19-6-5-13(7-19,16-8(2)20)11-14-9(3)21-17-11/h4-7H2,1-3H3,(H,16,20)/t13-/m1/s1. The molecule has 0 unspecified atom stereocenters. The molecule has 3 rings (SSSR count). The molecular weight excluding hydrogens is 304 g/mol. The summed E-state index contributed by atoms with van der Waals surface area (Å²) in [7, 11) is 0. The number of amides is 1. The van der Waals surface area contributed by atoms with Crippen molar-refractivity contribution in [3.63, 3.8) is 0 Å². The van der Waals surface area contributed by atoms with Crippen LogP contribution in [0.5, 0.6) is 0 Å². The highest BCUT2D eigenvalue weighted by Crippen LogP contribution is 2.34. The Balaban J connectivity index is 1.87.